The summed E-state index contributed by atoms with van der Waals surface area (Å²) in [7, 11) is 0. The SMILES string of the molecule is CC(C)c1ccc2c(c1)C1OCCC1C(C1=C(Cl)C=C(O)CC=C1)N2. The van der Waals surface area contributed by atoms with Gasteiger partial charge in [-0.05, 0) is 35.6 Å². The zero-order valence-electron chi connectivity index (χ0n) is 14.6. The fourth-order valence-corrected chi connectivity index (χ4v) is 4.39. The highest BCUT2D eigenvalue weighted by atomic mass is 35.5. The first-order valence-electron chi connectivity index (χ1n) is 9.02. The van der Waals surface area contributed by atoms with E-state index in [2.05, 4.69) is 37.4 Å². The summed E-state index contributed by atoms with van der Waals surface area (Å²) in [6.07, 6.45) is 7.31. The zero-order chi connectivity index (χ0) is 17.6. The van der Waals surface area contributed by atoms with E-state index in [-0.39, 0.29) is 12.1 Å². The predicted molar refractivity (Wildman–Crippen MR) is 102 cm³/mol. The number of benzene rings is 1. The number of hydrogen-bond donors (Lipinski definition) is 2. The molecule has 0 amide bonds. The summed E-state index contributed by atoms with van der Waals surface area (Å²) in [5, 5.41) is 14.2. The number of fused-ring (bicyclic) bond motifs is 3. The molecule has 3 atom stereocenters. The summed E-state index contributed by atoms with van der Waals surface area (Å²) >= 11 is 6.51. The van der Waals surface area contributed by atoms with Crippen LogP contribution in [0.4, 0.5) is 5.69 Å². The number of anilines is 1. The van der Waals surface area contributed by atoms with Gasteiger partial charge >= 0.3 is 0 Å². The second-order valence-electron chi connectivity index (χ2n) is 7.41. The summed E-state index contributed by atoms with van der Waals surface area (Å²) in [4.78, 5) is 0. The average molecular weight is 358 g/mol. The smallest absolute Gasteiger partial charge is 0.0975 e. The Balaban J connectivity index is 1.76. The van der Waals surface area contributed by atoms with Gasteiger partial charge in [-0.15, -0.1) is 0 Å². The molecule has 1 fully saturated rings. The molecule has 3 aliphatic rings. The maximum atomic E-state index is 9.85. The molecule has 0 saturated carbocycles. The highest BCUT2D eigenvalue weighted by molar-refractivity contribution is 6.32. The summed E-state index contributed by atoms with van der Waals surface area (Å²) in [6.45, 7) is 5.20. The third-order valence-corrected chi connectivity index (χ3v) is 5.78. The fraction of sp³-hybridized carbons (Fsp3) is 0.429. The topological polar surface area (TPSA) is 41.5 Å². The molecule has 1 aromatic rings. The summed E-state index contributed by atoms with van der Waals surface area (Å²) in [5.41, 5.74) is 4.76. The van der Waals surface area contributed by atoms with Crippen LogP contribution in [-0.2, 0) is 4.74 Å². The minimum Gasteiger partial charge on any atom is -0.512 e. The molecule has 4 heteroatoms. The molecular weight excluding hydrogens is 334 g/mol. The summed E-state index contributed by atoms with van der Waals surface area (Å²) < 4.78 is 6.13. The fourth-order valence-electron chi connectivity index (χ4n) is 4.09. The van der Waals surface area contributed by atoms with Crippen LogP contribution in [0.5, 0.6) is 0 Å². The van der Waals surface area contributed by atoms with Gasteiger partial charge in [-0.2, -0.15) is 0 Å². The molecule has 0 radical (unpaired) electrons. The molecular formula is C21H24ClNO2. The molecule has 3 nitrogen and oxygen atoms in total. The van der Waals surface area contributed by atoms with Crippen molar-refractivity contribution in [2.75, 3.05) is 11.9 Å². The lowest BCUT2D eigenvalue weighted by atomic mass is 9.79. The molecule has 25 heavy (non-hydrogen) atoms. The van der Waals surface area contributed by atoms with Gasteiger partial charge in [0.2, 0.25) is 0 Å². The largest absolute Gasteiger partial charge is 0.512 e. The van der Waals surface area contributed by atoms with E-state index in [1.165, 1.54) is 11.1 Å². The number of aliphatic hydroxyl groups is 1. The lowest BCUT2D eigenvalue weighted by molar-refractivity contribution is 0.0859. The molecule has 3 unspecified atom stereocenters. The van der Waals surface area contributed by atoms with E-state index >= 15 is 0 Å². The van der Waals surface area contributed by atoms with Crippen molar-refractivity contribution in [3.05, 3.63) is 63.9 Å². The Bertz CT molecular complexity index is 778. The number of halogens is 1. The molecule has 132 valence electrons. The van der Waals surface area contributed by atoms with Crippen molar-refractivity contribution in [3.8, 4) is 0 Å². The molecule has 2 aliphatic heterocycles. The quantitative estimate of drug-likeness (QED) is 0.726. The maximum Gasteiger partial charge on any atom is 0.0975 e. The van der Waals surface area contributed by atoms with Gasteiger partial charge in [0.1, 0.15) is 0 Å². The van der Waals surface area contributed by atoms with Crippen LogP contribution in [0.15, 0.2) is 52.8 Å². The van der Waals surface area contributed by atoms with Crippen LogP contribution < -0.4 is 5.32 Å². The van der Waals surface area contributed by atoms with Gasteiger partial charge in [-0.3, -0.25) is 0 Å². The van der Waals surface area contributed by atoms with Crippen molar-refractivity contribution >= 4 is 17.3 Å². The van der Waals surface area contributed by atoms with Crippen molar-refractivity contribution < 1.29 is 9.84 Å². The number of ether oxygens (including phenoxy) is 1. The molecule has 1 aromatic carbocycles. The lowest BCUT2D eigenvalue weighted by Crippen LogP contribution is -2.37. The molecule has 2 N–H and O–H groups in total. The summed E-state index contributed by atoms with van der Waals surface area (Å²) in [6, 6.07) is 6.73. The third-order valence-electron chi connectivity index (χ3n) is 5.45. The summed E-state index contributed by atoms with van der Waals surface area (Å²) in [5.74, 6) is 1.14. The van der Waals surface area contributed by atoms with E-state index in [1.807, 2.05) is 12.2 Å². The Labute approximate surface area is 154 Å². The Hall–Kier alpha value is -1.71. The van der Waals surface area contributed by atoms with E-state index in [0.717, 1.165) is 24.3 Å². The normalized spacial score (nSPS) is 28.3. The van der Waals surface area contributed by atoms with Crippen LogP contribution in [0.1, 0.15) is 49.8 Å². The third kappa shape index (κ3) is 3.00. The van der Waals surface area contributed by atoms with Crippen molar-refractivity contribution in [2.45, 2.75) is 44.8 Å². The minimum absolute atomic E-state index is 0.0933. The van der Waals surface area contributed by atoms with Gasteiger partial charge < -0.3 is 15.2 Å². The predicted octanol–water partition coefficient (Wildman–Crippen LogP) is 5.58. The first-order valence-corrected chi connectivity index (χ1v) is 9.40. The van der Waals surface area contributed by atoms with E-state index in [4.69, 9.17) is 16.3 Å². The second-order valence-corrected chi connectivity index (χ2v) is 7.82. The highest BCUT2D eigenvalue weighted by Crippen LogP contribution is 2.48. The van der Waals surface area contributed by atoms with Crippen LogP contribution in [0.3, 0.4) is 0 Å². The maximum absolute atomic E-state index is 9.85. The van der Waals surface area contributed by atoms with Crippen molar-refractivity contribution in [1.82, 2.24) is 0 Å². The van der Waals surface area contributed by atoms with Crippen molar-refractivity contribution in [2.24, 2.45) is 5.92 Å². The molecule has 0 bridgehead atoms. The molecule has 0 aromatic heterocycles. The van der Waals surface area contributed by atoms with Crippen LogP contribution in [0, 0.1) is 5.92 Å². The average Bonchev–Trinajstić information content (AvgIpc) is 3.01. The van der Waals surface area contributed by atoms with E-state index in [0.29, 0.717) is 29.0 Å². The monoisotopic (exact) mass is 357 g/mol. The second kappa shape index (κ2) is 6.54. The first-order chi connectivity index (χ1) is 12.0. The van der Waals surface area contributed by atoms with Gasteiger partial charge in [0.15, 0.2) is 0 Å². The van der Waals surface area contributed by atoms with Gasteiger partial charge in [0.05, 0.1) is 17.9 Å². The Morgan fingerprint density at radius 1 is 1.32 bits per heavy atom. The van der Waals surface area contributed by atoms with Gasteiger partial charge in [-0.25, -0.2) is 0 Å². The van der Waals surface area contributed by atoms with Gasteiger partial charge in [-0.1, -0.05) is 49.7 Å². The Kier molecular flexibility index (Phi) is 4.38. The standard InChI is InChI=1S/C21H24ClNO2/c1-12(2)13-6-7-19-17(10-13)21-16(8-9-25-21)20(23-19)15-5-3-4-14(24)11-18(15)22/h3,5-7,10-12,16,20-21,23-24H,4,8-9H2,1-2H3. The minimum atomic E-state index is 0.0933. The number of allylic oxidation sites excluding steroid dienone is 3. The molecule has 1 saturated heterocycles. The Morgan fingerprint density at radius 2 is 2.16 bits per heavy atom. The van der Waals surface area contributed by atoms with Crippen molar-refractivity contribution in [1.29, 1.82) is 0 Å². The zero-order valence-corrected chi connectivity index (χ0v) is 15.4. The first kappa shape index (κ1) is 16.7. The number of rotatable bonds is 2. The van der Waals surface area contributed by atoms with Crippen LogP contribution in [0.25, 0.3) is 0 Å². The highest BCUT2D eigenvalue weighted by Gasteiger charge is 2.42. The van der Waals surface area contributed by atoms with Gasteiger partial charge in [0.25, 0.3) is 0 Å². The van der Waals surface area contributed by atoms with Gasteiger partial charge in [0, 0.05) is 35.2 Å². The number of hydrogen-bond acceptors (Lipinski definition) is 3. The van der Waals surface area contributed by atoms with Crippen LogP contribution in [-0.4, -0.2) is 17.8 Å². The lowest BCUT2D eigenvalue weighted by Gasteiger charge is -2.37. The van der Waals surface area contributed by atoms with E-state index < -0.39 is 0 Å². The van der Waals surface area contributed by atoms with E-state index in [1.54, 1.807) is 6.08 Å². The molecule has 2 heterocycles. The molecule has 1 aliphatic carbocycles. The van der Waals surface area contributed by atoms with Crippen LogP contribution in [0.2, 0.25) is 0 Å². The number of nitrogens with one attached hydrogen (secondary N) is 1. The van der Waals surface area contributed by atoms with Crippen molar-refractivity contribution in [3.63, 3.8) is 0 Å². The molecule has 4 rings (SSSR count). The van der Waals surface area contributed by atoms with Crippen LogP contribution >= 0.6 is 11.6 Å². The van der Waals surface area contributed by atoms with E-state index in [9.17, 15) is 5.11 Å². The molecule has 0 spiro atoms. The number of aliphatic hydroxyl groups excluding tert-OH is 1. The Morgan fingerprint density at radius 3 is 2.96 bits per heavy atom.